The molecule has 0 aromatic heterocycles. The maximum absolute atomic E-state index is 12.6. The van der Waals surface area contributed by atoms with E-state index < -0.39 is 16.8 Å². The van der Waals surface area contributed by atoms with Gasteiger partial charge in [0.05, 0.1) is 43.6 Å². The molecule has 2 aromatic rings. The van der Waals surface area contributed by atoms with E-state index in [1.54, 1.807) is 24.3 Å². The maximum atomic E-state index is 12.6. The topological polar surface area (TPSA) is 73.9 Å². The van der Waals surface area contributed by atoms with Gasteiger partial charge in [0.2, 0.25) is 0 Å². The van der Waals surface area contributed by atoms with E-state index in [-0.39, 0.29) is 16.4 Å². The molecule has 1 atom stereocenters. The van der Waals surface area contributed by atoms with Crippen LogP contribution in [0.25, 0.3) is 5.57 Å². The molecule has 2 aromatic carbocycles. The molecule has 0 fully saturated rings. The molecule has 1 unspecified atom stereocenters. The van der Waals surface area contributed by atoms with Gasteiger partial charge >= 0.3 is 5.97 Å². The second-order valence-corrected chi connectivity index (χ2v) is 7.18. The van der Waals surface area contributed by atoms with Gasteiger partial charge in [-0.3, -0.25) is 14.5 Å². The lowest BCUT2D eigenvalue weighted by Gasteiger charge is -2.13. The SMILES string of the molecule is C=C(NOCc1ccccc1)S(=O)Cc1ccccc1C(=COC)C(=O)OC. The van der Waals surface area contributed by atoms with Gasteiger partial charge in [-0.15, -0.1) is 0 Å². The Morgan fingerprint density at radius 3 is 2.46 bits per heavy atom. The summed E-state index contributed by atoms with van der Waals surface area (Å²) in [5.74, 6) is -0.391. The van der Waals surface area contributed by atoms with Gasteiger partial charge < -0.3 is 9.47 Å². The lowest BCUT2D eigenvalue weighted by Crippen LogP contribution is -2.18. The van der Waals surface area contributed by atoms with Gasteiger partial charge in [-0.25, -0.2) is 4.79 Å². The molecule has 148 valence electrons. The van der Waals surface area contributed by atoms with Crippen molar-refractivity contribution in [1.29, 1.82) is 0 Å². The van der Waals surface area contributed by atoms with E-state index in [1.165, 1.54) is 20.5 Å². The van der Waals surface area contributed by atoms with Crippen molar-refractivity contribution in [3.63, 3.8) is 0 Å². The fourth-order valence-corrected chi connectivity index (χ4v) is 3.27. The maximum Gasteiger partial charge on any atom is 0.341 e. The Kier molecular flexibility index (Phi) is 8.45. The van der Waals surface area contributed by atoms with Crippen molar-refractivity contribution in [3.05, 3.63) is 89.2 Å². The zero-order chi connectivity index (χ0) is 20.4. The molecule has 0 amide bonds. The molecule has 28 heavy (non-hydrogen) atoms. The van der Waals surface area contributed by atoms with Crippen LogP contribution in [0, 0.1) is 0 Å². The molecule has 0 bridgehead atoms. The fourth-order valence-electron chi connectivity index (χ4n) is 2.41. The third kappa shape index (κ3) is 6.07. The molecule has 2 rings (SSSR count). The molecule has 0 spiro atoms. The lowest BCUT2D eigenvalue weighted by molar-refractivity contribution is -0.133. The van der Waals surface area contributed by atoms with Crippen molar-refractivity contribution in [1.82, 2.24) is 5.48 Å². The summed E-state index contributed by atoms with van der Waals surface area (Å²) in [5.41, 5.74) is 5.14. The average Bonchev–Trinajstić information content (AvgIpc) is 2.72. The zero-order valence-corrected chi connectivity index (χ0v) is 16.7. The number of hydrogen-bond donors (Lipinski definition) is 1. The van der Waals surface area contributed by atoms with Crippen LogP contribution in [0.4, 0.5) is 0 Å². The van der Waals surface area contributed by atoms with E-state index >= 15 is 0 Å². The summed E-state index contributed by atoms with van der Waals surface area (Å²) in [7, 11) is 1.27. The van der Waals surface area contributed by atoms with Crippen molar-refractivity contribution in [3.8, 4) is 0 Å². The first kappa shape index (κ1) is 21.4. The van der Waals surface area contributed by atoms with Crippen LogP contribution in [0.3, 0.4) is 0 Å². The Bertz CT molecular complexity index is 864. The molecule has 0 aliphatic rings. The van der Waals surface area contributed by atoms with E-state index in [9.17, 15) is 9.00 Å². The van der Waals surface area contributed by atoms with Crippen LogP contribution in [0.1, 0.15) is 16.7 Å². The van der Waals surface area contributed by atoms with Gasteiger partial charge in [-0.2, -0.15) is 0 Å². The quantitative estimate of drug-likeness (QED) is 0.285. The van der Waals surface area contributed by atoms with Gasteiger partial charge in [0.25, 0.3) is 0 Å². The number of ether oxygens (including phenoxy) is 2. The number of methoxy groups -OCH3 is 2. The van der Waals surface area contributed by atoms with Crippen molar-refractivity contribution in [2.75, 3.05) is 14.2 Å². The van der Waals surface area contributed by atoms with Crippen LogP contribution in [0.2, 0.25) is 0 Å². The minimum absolute atomic E-state index is 0.148. The minimum Gasteiger partial charge on any atom is -0.503 e. The molecular weight excluding hydrogens is 378 g/mol. The largest absolute Gasteiger partial charge is 0.503 e. The second kappa shape index (κ2) is 11.1. The molecule has 0 aliphatic heterocycles. The highest BCUT2D eigenvalue weighted by Gasteiger charge is 2.18. The molecule has 0 saturated heterocycles. The third-order valence-corrected chi connectivity index (χ3v) is 4.98. The molecule has 0 heterocycles. The summed E-state index contributed by atoms with van der Waals surface area (Å²) in [6.45, 7) is 4.09. The molecule has 6 nitrogen and oxygen atoms in total. The minimum atomic E-state index is -1.47. The number of benzene rings is 2. The number of hydrogen-bond acceptors (Lipinski definition) is 6. The lowest BCUT2D eigenvalue weighted by atomic mass is 10.0. The summed E-state index contributed by atoms with van der Waals surface area (Å²) in [6, 6.07) is 16.7. The Morgan fingerprint density at radius 2 is 1.79 bits per heavy atom. The van der Waals surface area contributed by atoms with Crippen LogP contribution >= 0.6 is 0 Å². The number of hydroxylamine groups is 1. The Labute approximate surface area is 167 Å². The normalized spacial score (nSPS) is 12.1. The van der Waals surface area contributed by atoms with Crippen LogP contribution < -0.4 is 5.48 Å². The van der Waals surface area contributed by atoms with Crippen LogP contribution in [0.15, 0.2) is 72.5 Å². The number of carbonyl (C=O) groups excluding carboxylic acids is 1. The highest BCUT2D eigenvalue weighted by molar-refractivity contribution is 7.88. The smallest absolute Gasteiger partial charge is 0.341 e. The van der Waals surface area contributed by atoms with Gasteiger partial charge in [0, 0.05) is 0 Å². The first-order valence-electron chi connectivity index (χ1n) is 8.45. The Hall–Kier alpha value is -2.90. The molecule has 7 heteroatoms. The van der Waals surface area contributed by atoms with Crippen LogP contribution in [0.5, 0.6) is 0 Å². The highest BCUT2D eigenvalue weighted by atomic mass is 32.2. The zero-order valence-electron chi connectivity index (χ0n) is 15.8. The molecule has 0 radical (unpaired) electrons. The van der Waals surface area contributed by atoms with E-state index in [0.717, 1.165) is 5.56 Å². The van der Waals surface area contributed by atoms with E-state index in [4.69, 9.17) is 14.3 Å². The van der Waals surface area contributed by atoms with Gasteiger partial charge in [-0.05, 0) is 16.7 Å². The van der Waals surface area contributed by atoms with Crippen LogP contribution in [-0.4, -0.2) is 24.4 Å². The van der Waals surface area contributed by atoms with Crippen molar-refractivity contribution in [2.24, 2.45) is 0 Å². The first-order chi connectivity index (χ1) is 13.6. The predicted molar refractivity (Wildman–Crippen MR) is 109 cm³/mol. The van der Waals surface area contributed by atoms with E-state index in [2.05, 4.69) is 12.1 Å². The number of carbonyl (C=O) groups is 1. The molecule has 0 saturated carbocycles. The number of nitrogens with one attached hydrogen (secondary N) is 1. The van der Waals surface area contributed by atoms with Gasteiger partial charge in [-0.1, -0.05) is 61.2 Å². The summed E-state index contributed by atoms with van der Waals surface area (Å²) < 4.78 is 22.4. The fraction of sp³-hybridized carbons (Fsp3) is 0.190. The molecule has 1 N–H and O–H groups in total. The van der Waals surface area contributed by atoms with Gasteiger partial charge in [0.15, 0.2) is 0 Å². The second-order valence-electron chi connectivity index (χ2n) is 5.71. The van der Waals surface area contributed by atoms with Crippen molar-refractivity contribution >= 4 is 22.3 Å². The van der Waals surface area contributed by atoms with E-state index in [1.807, 2.05) is 30.3 Å². The monoisotopic (exact) mass is 401 g/mol. The first-order valence-corrected chi connectivity index (χ1v) is 9.77. The number of esters is 1. The summed E-state index contributed by atoms with van der Waals surface area (Å²) in [6.07, 6.45) is 1.31. The summed E-state index contributed by atoms with van der Waals surface area (Å²) in [5, 5.41) is 0.237. The highest BCUT2D eigenvalue weighted by Crippen LogP contribution is 2.23. The van der Waals surface area contributed by atoms with Crippen molar-refractivity contribution < 1.29 is 23.3 Å². The summed E-state index contributed by atoms with van der Waals surface area (Å²) >= 11 is 0. The summed E-state index contributed by atoms with van der Waals surface area (Å²) in [4.78, 5) is 17.4. The number of rotatable bonds is 10. The average molecular weight is 401 g/mol. The Morgan fingerprint density at radius 1 is 1.11 bits per heavy atom. The van der Waals surface area contributed by atoms with Crippen LogP contribution in [-0.2, 0) is 42.3 Å². The standard InChI is InChI=1S/C21H23NO5S/c1-16(22-27-13-17-9-5-4-6-10-17)28(24)15-18-11-7-8-12-19(18)20(14-25-2)21(23)26-3/h4-12,14,22H,1,13,15H2,2-3H3. The Balaban J connectivity index is 2.04. The van der Waals surface area contributed by atoms with Gasteiger partial charge in [0.1, 0.15) is 10.6 Å². The van der Waals surface area contributed by atoms with E-state index in [0.29, 0.717) is 17.7 Å². The third-order valence-electron chi connectivity index (χ3n) is 3.78. The molecule has 0 aliphatic carbocycles. The predicted octanol–water partition coefficient (Wildman–Crippen LogP) is 3.29. The molecular formula is C21H23NO5S. The van der Waals surface area contributed by atoms with Crippen molar-refractivity contribution in [2.45, 2.75) is 12.4 Å².